The Kier molecular flexibility index (Phi) is 9.70. The molecule has 1 aliphatic rings. The van der Waals surface area contributed by atoms with Gasteiger partial charge in [0.15, 0.2) is 0 Å². The Morgan fingerprint density at radius 1 is 1.03 bits per heavy atom. The molecule has 1 saturated heterocycles. The lowest BCUT2D eigenvalue weighted by Gasteiger charge is -2.37. The van der Waals surface area contributed by atoms with Crippen LogP contribution >= 0.6 is 0 Å². The maximum atomic E-state index is 13.4. The Hall–Kier alpha value is -3.35. The standard InChI is InChI=1S/C28H37N3O4/c1-4-30(5-2)28(34)26(29-27(33)23-12-9-13-24(20-23)35-3)22-16-18-31(19-17-22)25(32)15-14-21-10-7-6-8-11-21/h6-13,20,22,26H,4-5,14-19H2,1-3H3,(H,29,33). The number of amides is 3. The molecule has 2 aromatic rings. The molecule has 7 heteroatoms. The molecule has 1 unspecified atom stereocenters. The minimum atomic E-state index is -0.629. The van der Waals surface area contributed by atoms with Crippen LogP contribution in [0.3, 0.4) is 0 Å². The summed E-state index contributed by atoms with van der Waals surface area (Å²) in [6.45, 7) is 6.23. The number of hydrogen-bond donors (Lipinski definition) is 1. The number of hydrogen-bond acceptors (Lipinski definition) is 4. The third-order valence-electron chi connectivity index (χ3n) is 6.79. The summed E-state index contributed by atoms with van der Waals surface area (Å²) in [6, 6.07) is 16.3. The molecular weight excluding hydrogens is 442 g/mol. The van der Waals surface area contributed by atoms with Crippen LogP contribution in [0.1, 0.15) is 49.0 Å². The third kappa shape index (κ3) is 7.07. The maximum absolute atomic E-state index is 13.4. The van der Waals surface area contributed by atoms with E-state index in [2.05, 4.69) is 5.32 Å². The van der Waals surface area contributed by atoms with Crippen LogP contribution in [0.2, 0.25) is 0 Å². The Morgan fingerprint density at radius 2 is 1.71 bits per heavy atom. The van der Waals surface area contributed by atoms with Crippen LogP contribution in [0.15, 0.2) is 54.6 Å². The lowest BCUT2D eigenvalue weighted by molar-refractivity contribution is -0.136. The van der Waals surface area contributed by atoms with Gasteiger partial charge in [0.2, 0.25) is 11.8 Å². The summed E-state index contributed by atoms with van der Waals surface area (Å²) >= 11 is 0. The van der Waals surface area contributed by atoms with Gasteiger partial charge in [-0.3, -0.25) is 14.4 Å². The summed E-state index contributed by atoms with van der Waals surface area (Å²) in [5.74, 6) is 0.331. The molecule has 7 nitrogen and oxygen atoms in total. The zero-order valence-electron chi connectivity index (χ0n) is 21.0. The van der Waals surface area contributed by atoms with Gasteiger partial charge in [-0.1, -0.05) is 36.4 Å². The van der Waals surface area contributed by atoms with Crippen LogP contribution in [0.4, 0.5) is 0 Å². The first-order valence-corrected chi connectivity index (χ1v) is 12.5. The first kappa shape index (κ1) is 26.3. The van der Waals surface area contributed by atoms with Crippen molar-refractivity contribution < 1.29 is 19.1 Å². The molecular formula is C28H37N3O4. The number of piperidine rings is 1. The molecule has 0 aromatic heterocycles. The third-order valence-corrected chi connectivity index (χ3v) is 6.79. The zero-order chi connectivity index (χ0) is 25.2. The summed E-state index contributed by atoms with van der Waals surface area (Å²) in [4.78, 5) is 42.9. The molecule has 188 valence electrons. The van der Waals surface area contributed by atoms with E-state index >= 15 is 0 Å². The molecule has 0 aliphatic carbocycles. The van der Waals surface area contributed by atoms with Crippen LogP contribution in [-0.4, -0.2) is 66.9 Å². The van der Waals surface area contributed by atoms with E-state index < -0.39 is 6.04 Å². The van der Waals surface area contributed by atoms with E-state index in [0.717, 1.165) is 12.0 Å². The van der Waals surface area contributed by atoms with Gasteiger partial charge in [0.1, 0.15) is 11.8 Å². The molecule has 1 fully saturated rings. The summed E-state index contributed by atoms with van der Waals surface area (Å²) in [5.41, 5.74) is 1.61. The lowest BCUT2D eigenvalue weighted by Crippen LogP contribution is -2.54. The highest BCUT2D eigenvalue weighted by Gasteiger charge is 2.35. The zero-order valence-corrected chi connectivity index (χ0v) is 21.0. The molecule has 3 amide bonds. The Balaban J connectivity index is 1.65. The van der Waals surface area contributed by atoms with Crippen molar-refractivity contribution in [2.75, 3.05) is 33.3 Å². The summed E-state index contributed by atoms with van der Waals surface area (Å²) in [7, 11) is 1.55. The van der Waals surface area contributed by atoms with E-state index in [1.807, 2.05) is 49.1 Å². The van der Waals surface area contributed by atoms with Crippen LogP contribution in [0.25, 0.3) is 0 Å². The average Bonchev–Trinajstić information content (AvgIpc) is 2.91. The van der Waals surface area contributed by atoms with Gasteiger partial charge in [0.05, 0.1) is 7.11 Å². The molecule has 1 aliphatic heterocycles. The van der Waals surface area contributed by atoms with E-state index in [9.17, 15) is 14.4 Å². The topological polar surface area (TPSA) is 79.0 Å². The first-order chi connectivity index (χ1) is 17.0. The van der Waals surface area contributed by atoms with E-state index in [4.69, 9.17) is 4.74 Å². The highest BCUT2D eigenvalue weighted by Crippen LogP contribution is 2.24. The summed E-state index contributed by atoms with van der Waals surface area (Å²) in [6.07, 6.45) is 2.54. The van der Waals surface area contributed by atoms with Crippen LogP contribution < -0.4 is 10.1 Å². The number of carbonyl (C=O) groups excluding carboxylic acids is 3. The quantitative estimate of drug-likeness (QED) is 0.565. The molecule has 1 atom stereocenters. The van der Waals surface area contributed by atoms with E-state index in [0.29, 0.717) is 56.8 Å². The number of carbonyl (C=O) groups is 3. The van der Waals surface area contributed by atoms with Crippen molar-refractivity contribution in [3.05, 3.63) is 65.7 Å². The largest absolute Gasteiger partial charge is 0.497 e. The second kappa shape index (κ2) is 12.9. The molecule has 0 saturated carbocycles. The van der Waals surface area contributed by atoms with Gasteiger partial charge < -0.3 is 19.9 Å². The van der Waals surface area contributed by atoms with Gasteiger partial charge in [0, 0.05) is 38.2 Å². The molecule has 35 heavy (non-hydrogen) atoms. The van der Waals surface area contributed by atoms with Crippen molar-refractivity contribution in [1.82, 2.24) is 15.1 Å². The highest BCUT2D eigenvalue weighted by atomic mass is 16.5. The van der Waals surface area contributed by atoms with E-state index in [1.54, 1.807) is 36.3 Å². The number of benzene rings is 2. The summed E-state index contributed by atoms with van der Waals surface area (Å²) in [5, 5.41) is 3.00. The fourth-order valence-electron chi connectivity index (χ4n) is 4.64. The Labute approximate surface area is 208 Å². The number of aryl methyl sites for hydroxylation is 1. The number of methoxy groups -OCH3 is 1. The predicted molar refractivity (Wildman–Crippen MR) is 136 cm³/mol. The van der Waals surface area contributed by atoms with Crippen molar-refractivity contribution in [1.29, 1.82) is 0 Å². The highest BCUT2D eigenvalue weighted by molar-refractivity contribution is 5.98. The predicted octanol–water partition coefficient (Wildman–Crippen LogP) is 3.53. The number of rotatable bonds is 10. The molecule has 1 N–H and O–H groups in total. The van der Waals surface area contributed by atoms with Crippen molar-refractivity contribution in [2.24, 2.45) is 5.92 Å². The minimum absolute atomic E-state index is 0.0316. The van der Waals surface area contributed by atoms with Gasteiger partial charge in [-0.15, -0.1) is 0 Å². The van der Waals surface area contributed by atoms with Crippen LogP contribution in [-0.2, 0) is 16.0 Å². The van der Waals surface area contributed by atoms with Gasteiger partial charge in [-0.25, -0.2) is 0 Å². The maximum Gasteiger partial charge on any atom is 0.252 e. The monoisotopic (exact) mass is 479 g/mol. The normalized spacial score (nSPS) is 14.8. The molecule has 0 bridgehead atoms. The van der Waals surface area contributed by atoms with Gasteiger partial charge in [-0.05, 0) is 62.8 Å². The van der Waals surface area contributed by atoms with Crippen LogP contribution in [0.5, 0.6) is 5.75 Å². The fraction of sp³-hybridized carbons (Fsp3) is 0.464. The number of nitrogens with one attached hydrogen (secondary N) is 1. The number of likely N-dealkylation sites (tertiary alicyclic amines) is 1. The fourth-order valence-corrected chi connectivity index (χ4v) is 4.64. The Morgan fingerprint density at radius 3 is 2.34 bits per heavy atom. The number of ether oxygens (including phenoxy) is 1. The second-order valence-corrected chi connectivity index (χ2v) is 8.90. The van der Waals surface area contributed by atoms with Crippen LogP contribution in [0, 0.1) is 5.92 Å². The van der Waals surface area contributed by atoms with Crippen molar-refractivity contribution >= 4 is 17.7 Å². The molecule has 0 spiro atoms. The first-order valence-electron chi connectivity index (χ1n) is 12.5. The lowest BCUT2D eigenvalue weighted by atomic mass is 9.88. The van der Waals surface area contributed by atoms with Gasteiger partial charge in [-0.2, -0.15) is 0 Å². The molecule has 0 radical (unpaired) electrons. The van der Waals surface area contributed by atoms with E-state index in [1.165, 1.54) is 0 Å². The van der Waals surface area contributed by atoms with Gasteiger partial charge in [0.25, 0.3) is 5.91 Å². The van der Waals surface area contributed by atoms with E-state index in [-0.39, 0.29) is 23.6 Å². The SMILES string of the molecule is CCN(CC)C(=O)C(NC(=O)c1cccc(OC)c1)C1CCN(C(=O)CCc2ccccc2)CC1. The smallest absolute Gasteiger partial charge is 0.252 e. The number of likely N-dealkylation sites (N-methyl/N-ethyl adjacent to an activating group) is 1. The van der Waals surface area contributed by atoms with Crippen molar-refractivity contribution in [3.8, 4) is 5.75 Å². The summed E-state index contributed by atoms with van der Waals surface area (Å²) < 4.78 is 5.24. The molecule has 2 aromatic carbocycles. The molecule has 1 heterocycles. The second-order valence-electron chi connectivity index (χ2n) is 8.90. The Bertz CT molecular complexity index is 983. The van der Waals surface area contributed by atoms with Crippen molar-refractivity contribution in [3.63, 3.8) is 0 Å². The number of nitrogens with zero attached hydrogens (tertiary/aromatic N) is 2. The average molecular weight is 480 g/mol. The van der Waals surface area contributed by atoms with Gasteiger partial charge >= 0.3 is 0 Å². The molecule has 3 rings (SSSR count). The minimum Gasteiger partial charge on any atom is -0.497 e. The van der Waals surface area contributed by atoms with Crippen molar-refractivity contribution in [2.45, 2.75) is 45.6 Å².